The van der Waals surface area contributed by atoms with Crippen molar-refractivity contribution < 1.29 is 27.8 Å². The molecule has 1 rings (SSSR count). The zero-order valence-corrected chi connectivity index (χ0v) is 8.21. The molecule has 1 N–H and O–H groups in total. The number of halogens is 3. The van der Waals surface area contributed by atoms with Gasteiger partial charge >= 0.3 is 12.1 Å². The van der Waals surface area contributed by atoms with Crippen LogP contribution in [0.3, 0.4) is 0 Å². The molecule has 0 fully saturated rings. The van der Waals surface area contributed by atoms with Crippen LogP contribution < -0.4 is 4.74 Å². The van der Waals surface area contributed by atoms with E-state index in [4.69, 9.17) is 5.11 Å². The summed E-state index contributed by atoms with van der Waals surface area (Å²) in [4.78, 5) is 13.6. The standard InChI is InChI=1S/C9H8F3NO3/c1-16-7-5(4-6(14)15)2-3-13-8(7)9(10,11)12/h2-3H,4H2,1H3,(H,14,15). The van der Waals surface area contributed by atoms with E-state index in [1.807, 2.05) is 0 Å². The van der Waals surface area contributed by atoms with Crippen LogP contribution in [0.2, 0.25) is 0 Å². The van der Waals surface area contributed by atoms with Gasteiger partial charge in [-0.1, -0.05) is 0 Å². The van der Waals surface area contributed by atoms with E-state index in [1.54, 1.807) is 0 Å². The number of ether oxygens (including phenoxy) is 1. The Kier molecular flexibility index (Phi) is 3.36. The Bertz CT molecular complexity index is 403. The fourth-order valence-electron chi connectivity index (χ4n) is 1.22. The first-order chi connectivity index (χ1) is 7.36. The summed E-state index contributed by atoms with van der Waals surface area (Å²) >= 11 is 0. The summed E-state index contributed by atoms with van der Waals surface area (Å²) in [7, 11) is 1.04. The van der Waals surface area contributed by atoms with Crippen LogP contribution in [-0.4, -0.2) is 23.2 Å². The molecule has 0 aliphatic carbocycles. The molecule has 0 saturated carbocycles. The highest BCUT2D eigenvalue weighted by Crippen LogP contribution is 2.36. The summed E-state index contributed by atoms with van der Waals surface area (Å²) < 4.78 is 41.9. The summed E-state index contributed by atoms with van der Waals surface area (Å²) in [5.74, 6) is -1.78. The van der Waals surface area contributed by atoms with Crippen molar-refractivity contribution in [1.82, 2.24) is 4.98 Å². The Morgan fingerprint density at radius 2 is 2.19 bits per heavy atom. The van der Waals surface area contributed by atoms with Crippen molar-refractivity contribution >= 4 is 5.97 Å². The van der Waals surface area contributed by atoms with E-state index < -0.39 is 30.0 Å². The number of hydrogen-bond donors (Lipinski definition) is 1. The van der Waals surface area contributed by atoms with Crippen LogP contribution in [-0.2, 0) is 17.4 Å². The van der Waals surface area contributed by atoms with Crippen molar-refractivity contribution in [3.05, 3.63) is 23.5 Å². The van der Waals surface area contributed by atoms with Gasteiger partial charge < -0.3 is 9.84 Å². The van der Waals surface area contributed by atoms with E-state index in [2.05, 4.69) is 9.72 Å². The first-order valence-corrected chi connectivity index (χ1v) is 4.17. The molecule has 0 aromatic carbocycles. The predicted octanol–water partition coefficient (Wildman–Crippen LogP) is 1.74. The molecule has 0 spiro atoms. The molecule has 0 aliphatic heterocycles. The molecular formula is C9H8F3NO3. The van der Waals surface area contributed by atoms with Crippen molar-refractivity contribution in [3.8, 4) is 5.75 Å². The van der Waals surface area contributed by atoms with Gasteiger partial charge in [-0.2, -0.15) is 13.2 Å². The largest absolute Gasteiger partial charge is 0.494 e. The summed E-state index contributed by atoms with van der Waals surface area (Å²) in [6.07, 6.45) is -4.31. The van der Waals surface area contributed by atoms with Gasteiger partial charge in [0.05, 0.1) is 13.5 Å². The first kappa shape index (κ1) is 12.3. The topological polar surface area (TPSA) is 59.4 Å². The molecule has 88 valence electrons. The number of rotatable bonds is 3. The van der Waals surface area contributed by atoms with E-state index in [1.165, 1.54) is 6.07 Å². The second-order valence-electron chi connectivity index (χ2n) is 2.92. The predicted molar refractivity (Wildman–Crippen MR) is 47.1 cm³/mol. The molecule has 0 saturated heterocycles. The van der Waals surface area contributed by atoms with Crippen LogP contribution in [0.15, 0.2) is 12.3 Å². The Labute approximate surface area is 88.7 Å². The Morgan fingerprint density at radius 3 is 2.62 bits per heavy atom. The molecule has 0 atom stereocenters. The number of carbonyl (C=O) groups is 1. The highest BCUT2D eigenvalue weighted by Gasteiger charge is 2.37. The van der Waals surface area contributed by atoms with Gasteiger partial charge in [-0.25, -0.2) is 4.98 Å². The van der Waals surface area contributed by atoms with Gasteiger partial charge in [0.25, 0.3) is 0 Å². The molecule has 1 aromatic heterocycles. The van der Waals surface area contributed by atoms with Crippen LogP contribution in [0.5, 0.6) is 5.75 Å². The number of hydrogen-bond acceptors (Lipinski definition) is 3. The van der Waals surface area contributed by atoms with Gasteiger partial charge in [0.15, 0.2) is 11.4 Å². The van der Waals surface area contributed by atoms with Crippen molar-refractivity contribution in [2.45, 2.75) is 12.6 Å². The zero-order valence-electron chi connectivity index (χ0n) is 8.21. The molecule has 0 amide bonds. The molecule has 1 aromatic rings. The summed E-state index contributed by atoms with van der Waals surface area (Å²) in [6.45, 7) is 0. The smallest absolute Gasteiger partial charge is 0.437 e. The normalized spacial score (nSPS) is 11.2. The van der Waals surface area contributed by atoms with Gasteiger partial charge in [-0.3, -0.25) is 4.79 Å². The van der Waals surface area contributed by atoms with E-state index >= 15 is 0 Å². The van der Waals surface area contributed by atoms with Gasteiger partial charge in [0.1, 0.15) is 0 Å². The van der Waals surface area contributed by atoms with Crippen LogP contribution in [0, 0.1) is 0 Å². The average molecular weight is 235 g/mol. The molecule has 16 heavy (non-hydrogen) atoms. The van der Waals surface area contributed by atoms with Crippen molar-refractivity contribution in [2.24, 2.45) is 0 Å². The lowest BCUT2D eigenvalue weighted by atomic mass is 10.1. The number of nitrogens with zero attached hydrogens (tertiary/aromatic N) is 1. The Morgan fingerprint density at radius 1 is 1.56 bits per heavy atom. The summed E-state index contributed by atoms with van der Waals surface area (Å²) in [6, 6.07) is 1.18. The SMILES string of the molecule is COc1c(CC(=O)O)ccnc1C(F)(F)F. The molecule has 4 nitrogen and oxygen atoms in total. The second-order valence-corrected chi connectivity index (χ2v) is 2.92. The monoisotopic (exact) mass is 235 g/mol. The number of pyridine rings is 1. The highest BCUT2D eigenvalue weighted by atomic mass is 19.4. The van der Waals surface area contributed by atoms with E-state index in [9.17, 15) is 18.0 Å². The van der Waals surface area contributed by atoms with Gasteiger partial charge in [0.2, 0.25) is 0 Å². The average Bonchev–Trinajstić information content (AvgIpc) is 2.15. The van der Waals surface area contributed by atoms with Gasteiger partial charge in [-0.15, -0.1) is 0 Å². The Balaban J connectivity index is 3.26. The molecule has 1 heterocycles. The lowest BCUT2D eigenvalue weighted by Crippen LogP contribution is -2.13. The van der Waals surface area contributed by atoms with Gasteiger partial charge in [-0.05, 0) is 6.07 Å². The minimum absolute atomic E-state index is 0.0580. The number of aromatic nitrogens is 1. The van der Waals surface area contributed by atoms with E-state index in [-0.39, 0.29) is 5.56 Å². The number of carboxylic acid groups (broad SMARTS) is 1. The first-order valence-electron chi connectivity index (χ1n) is 4.17. The maximum absolute atomic E-state index is 12.5. The van der Waals surface area contributed by atoms with E-state index in [0.29, 0.717) is 0 Å². The fourth-order valence-corrected chi connectivity index (χ4v) is 1.22. The van der Waals surface area contributed by atoms with Crippen molar-refractivity contribution in [1.29, 1.82) is 0 Å². The fraction of sp³-hybridized carbons (Fsp3) is 0.333. The van der Waals surface area contributed by atoms with Crippen LogP contribution >= 0.6 is 0 Å². The van der Waals surface area contributed by atoms with Gasteiger partial charge in [0, 0.05) is 11.8 Å². The third kappa shape index (κ3) is 2.62. The quantitative estimate of drug-likeness (QED) is 0.866. The number of carboxylic acids is 1. The Hall–Kier alpha value is -1.79. The van der Waals surface area contributed by atoms with Crippen LogP contribution in [0.25, 0.3) is 0 Å². The molecular weight excluding hydrogens is 227 g/mol. The maximum Gasteiger partial charge on any atom is 0.437 e. The minimum atomic E-state index is -4.67. The zero-order chi connectivity index (χ0) is 12.3. The minimum Gasteiger partial charge on any atom is -0.494 e. The molecule has 0 unspecified atom stereocenters. The second kappa shape index (κ2) is 4.38. The third-order valence-electron chi connectivity index (χ3n) is 1.80. The lowest BCUT2D eigenvalue weighted by Gasteiger charge is -2.13. The number of alkyl halides is 3. The molecule has 0 bridgehead atoms. The van der Waals surface area contributed by atoms with Crippen molar-refractivity contribution in [2.75, 3.05) is 7.11 Å². The summed E-state index contributed by atoms with van der Waals surface area (Å²) in [5, 5.41) is 8.52. The van der Waals surface area contributed by atoms with Crippen LogP contribution in [0.1, 0.15) is 11.3 Å². The number of aliphatic carboxylic acids is 1. The summed E-state index contributed by atoms with van der Waals surface area (Å²) in [5.41, 5.74) is -1.27. The van der Waals surface area contributed by atoms with Crippen molar-refractivity contribution in [3.63, 3.8) is 0 Å². The third-order valence-corrected chi connectivity index (χ3v) is 1.80. The van der Waals surface area contributed by atoms with E-state index in [0.717, 1.165) is 13.3 Å². The maximum atomic E-state index is 12.5. The highest BCUT2D eigenvalue weighted by molar-refractivity contribution is 5.71. The lowest BCUT2D eigenvalue weighted by molar-refractivity contribution is -0.143. The molecule has 0 aliphatic rings. The number of methoxy groups -OCH3 is 1. The molecule has 0 radical (unpaired) electrons. The molecule has 7 heteroatoms. The van der Waals surface area contributed by atoms with Crippen LogP contribution in [0.4, 0.5) is 13.2 Å².